The normalized spacial score (nSPS) is 19.7. The van der Waals surface area contributed by atoms with Crippen molar-refractivity contribution in [1.29, 1.82) is 0 Å². The minimum atomic E-state index is -0.0992. The maximum atomic E-state index is 13.2. The van der Waals surface area contributed by atoms with Gasteiger partial charge in [-0.25, -0.2) is 4.98 Å². The molecule has 2 fully saturated rings. The van der Waals surface area contributed by atoms with E-state index >= 15 is 0 Å². The van der Waals surface area contributed by atoms with Crippen LogP contribution in [0.5, 0.6) is 5.75 Å². The fourth-order valence-electron chi connectivity index (χ4n) is 4.07. The average molecular weight is 412 g/mol. The second-order valence-electron chi connectivity index (χ2n) is 7.62. The Morgan fingerprint density at radius 3 is 2.97 bits per heavy atom. The summed E-state index contributed by atoms with van der Waals surface area (Å²) in [6.45, 7) is 2.40. The number of carbonyl (C=O) groups excluding carboxylic acids is 1. The number of nitrogens with two attached hydrogens (primary N) is 2. The van der Waals surface area contributed by atoms with Gasteiger partial charge in [-0.1, -0.05) is 6.07 Å². The Labute approximate surface area is 172 Å². The number of morpholine rings is 1. The molecule has 4 N–H and O–H groups in total. The fourth-order valence-corrected chi connectivity index (χ4v) is 5.07. The van der Waals surface area contributed by atoms with Crippen LogP contribution in [0.2, 0.25) is 0 Å². The Kier molecular flexibility index (Phi) is 4.40. The van der Waals surface area contributed by atoms with Crippen LogP contribution >= 0.6 is 11.3 Å². The maximum absolute atomic E-state index is 13.2. The third kappa shape index (κ3) is 3.03. The molecule has 1 amide bonds. The molecular formula is C21H23N4O3S+. The zero-order chi connectivity index (χ0) is 20.0. The molecule has 1 spiro atoms. The van der Waals surface area contributed by atoms with Crippen LogP contribution in [0.4, 0.5) is 0 Å². The van der Waals surface area contributed by atoms with Gasteiger partial charge in [-0.3, -0.25) is 10.2 Å². The molecule has 0 bridgehead atoms. The standard InChI is InChI=1S/C21H22N4O3S/c22-10-14(11-23)13-1-2-15-16(9-13)28-7-3-17-18(15)24-19(29-17)20(26)25-6-8-27-12-21(25)4-5-21/h1-2,9-11,22H,3-8,12,23H2/p+1/b14-11+,22-10?. The van der Waals surface area contributed by atoms with Gasteiger partial charge in [0.05, 0.1) is 36.6 Å². The van der Waals surface area contributed by atoms with Gasteiger partial charge in [-0.2, -0.15) is 0 Å². The molecule has 1 saturated heterocycles. The lowest BCUT2D eigenvalue weighted by Gasteiger charge is -2.35. The monoisotopic (exact) mass is 411 g/mol. The van der Waals surface area contributed by atoms with Crippen LogP contribution < -0.4 is 15.9 Å². The van der Waals surface area contributed by atoms with Crippen LogP contribution in [0.25, 0.3) is 16.8 Å². The molecule has 29 heavy (non-hydrogen) atoms. The number of nitrogens with zero attached hydrogens (tertiary/aromatic N) is 2. The summed E-state index contributed by atoms with van der Waals surface area (Å²) in [5.41, 5.74) is 8.91. The molecule has 1 aromatic carbocycles. The number of ether oxygens (including phenoxy) is 2. The first-order valence-corrected chi connectivity index (χ1v) is 10.6. The molecule has 0 radical (unpaired) electrons. The van der Waals surface area contributed by atoms with E-state index in [1.165, 1.54) is 23.8 Å². The zero-order valence-electron chi connectivity index (χ0n) is 16.0. The zero-order valence-corrected chi connectivity index (χ0v) is 16.8. The van der Waals surface area contributed by atoms with Crippen molar-refractivity contribution in [2.45, 2.75) is 24.8 Å². The molecule has 7 nitrogen and oxygen atoms in total. The van der Waals surface area contributed by atoms with E-state index in [9.17, 15) is 4.79 Å². The van der Waals surface area contributed by atoms with E-state index in [1.807, 2.05) is 23.1 Å². The Balaban J connectivity index is 1.51. The number of rotatable bonds is 3. The summed E-state index contributed by atoms with van der Waals surface area (Å²) in [6, 6.07) is 5.84. The van der Waals surface area contributed by atoms with E-state index in [4.69, 9.17) is 25.6 Å². The number of amides is 1. The highest BCUT2D eigenvalue weighted by atomic mass is 32.1. The molecule has 3 heterocycles. The Morgan fingerprint density at radius 1 is 1.34 bits per heavy atom. The van der Waals surface area contributed by atoms with Crippen molar-refractivity contribution in [2.24, 2.45) is 5.73 Å². The second-order valence-corrected chi connectivity index (χ2v) is 8.71. The highest BCUT2D eigenvalue weighted by molar-refractivity contribution is 7.14. The van der Waals surface area contributed by atoms with Crippen LogP contribution in [0.1, 0.15) is 33.1 Å². The van der Waals surface area contributed by atoms with Gasteiger partial charge in [-0.05, 0) is 30.5 Å². The molecule has 2 aromatic rings. The van der Waals surface area contributed by atoms with Crippen LogP contribution in [0.3, 0.4) is 0 Å². The molecule has 5 rings (SSSR count). The number of benzene rings is 1. The van der Waals surface area contributed by atoms with Crippen LogP contribution in [-0.4, -0.2) is 53.9 Å². The number of allylic oxidation sites excluding steroid dienone is 1. The minimum absolute atomic E-state index is 0.0223. The van der Waals surface area contributed by atoms with Crippen LogP contribution in [0.15, 0.2) is 24.4 Å². The van der Waals surface area contributed by atoms with Gasteiger partial charge in [0.25, 0.3) is 5.91 Å². The third-order valence-corrected chi connectivity index (χ3v) is 6.97. The van der Waals surface area contributed by atoms with Gasteiger partial charge in [0.1, 0.15) is 5.75 Å². The smallest absolute Gasteiger partial charge is 0.283 e. The van der Waals surface area contributed by atoms with Crippen molar-refractivity contribution >= 4 is 29.0 Å². The summed E-state index contributed by atoms with van der Waals surface area (Å²) in [7, 11) is 0. The second kappa shape index (κ2) is 6.96. The topological polar surface area (TPSA) is 103 Å². The summed E-state index contributed by atoms with van der Waals surface area (Å²) < 4.78 is 11.6. The molecule has 0 unspecified atom stereocenters. The molecule has 8 heteroatoms. The molecule has 2 aliphatic heterocycles. The number of fused-ring (bicyclic) bond motifs is 3. The van der Waals surface area contributed by atoms with E-state index in [2.05, 4.69) is 0 Å². The summed E-state index contributed by atoms with van der Waals surface area (Å²) in [6.07, 6.45) is 5.69. The van der Waals surface area contributed by atoms with E-state index < -0.39 is 0 Å². The van der Waals surface area contributed by atoms with Crippen molar-refractivity contribution in [3.8, 4) is 17.0 Å². The Hall–Kier alpha value is -2.71. The van der Waals surface area contributed by atoms with Crippen molar-refractivity contribution in [2.75, 3.05) is 26.4 Å². The molecule has 1 aliphatic carbocycles. The van der Waals surface area contributed by atoms with Crippen molar-refractivity contribution in [1.82, 2.24) is 9.88 Å². The van der Waals surface area contributed by atoms with Gasteiger partial charge >= 0.3 is 0 Å². The molecule has 1 saturated carbocycles. The quantitative estimate of drug-likeness (QED) is 0.730. The summed E-state index contributed by atoms with van der Waals surface area (Å²) in [4.78, 5) is 21.1. The van der Waals surface area contributed by atoms with E-state index in [0.29, 0.717) is 31.4 Å². The van der Waals surface area contributed by atoms with E-state index in [1.54, 1.807) is 0 Å². The maximum Gasteiger partial charge on any atom is 0.283 e. The first-order chi connectivity index (χ1) is 14.1. The van der Waals surface area contributed by atoms with Gasteiger partial charge in [-0.15, -0.1) is 11.3 Å². The van der Waals surface area contributed by atoms with Crippen molar-refractivity contribution in [3.05, 3.63) is 39.8 Å². The summed E-state index contributed by atoms with van der Waals surface area (Å²) in [5.74, 6) is 0.755. The molecule has 150 valence electrons. The number of aromatic nitrogens is 1. The molecule has 1 aromatic heterocycles. The van der Waals surface area contributed by atoms with Crippen LogP contribution in [0, 0.1) is 0 Å². The fraction of sp³-hybridized carbons (Fsp3) is 0.381. The molecule has 3 aliphatic rings. The highest BCUT2D eigenvalue weighted by Crippen LogP contribution is 2.45. The Bertz CT molecular complexity index is 1020. The van der Waals surface area contributed by atoms with Gasteiger partial charge < -0.3 is 20.1 Å². The van der Waals surface area contributed by atoms with E-state index in [0.717, 1.165) is 52.3 Å². The SMILES string of the molecule is N/C=C(\C=[NH2+])c1ccc2c(c1)OCCc1sc(C(=O)N3CCOCC34CC4)nc1-2. The van der Waals surface area contributed by atoms with Crippen LogP contribution in [-0.2, 0) is 11.2 Å². The lowest BCUT2D eigenvalue weighted by Crippen LogP contribution is -2.50. The third-order valence-electron chi connectivity index (χ3n) is 5.87. The number of hydrogen-bond donors (Lipinski definition) is 2. The molecule has 0 atom stereocenters. The van der Waals surface area contributed by atoms with Gasteiger partial charge in [0, 0.05) is 29.6 Å². The predicted octanol–water partition coefficient (Wildman–Crippen LogP) is 0.880. The highest BCUT2D eigenvalue weighted by Gasteiger charge is 2.52. The first-order valence-electron chi connectivity index (χ1n) is 9.79. The first kappa shape index (κ1) is 18.3. The lowest BCUT2D eigenvalue weighted by molar-refractivity contribution is -0.103. The Morgan fingerprint density at radius 2 is 2.21 bits per heavy atom. The minimum Gasteiger partial charge on any atom is -0.492 e. The number of hydrogen-bond acceptors (Lipinski definition) is 6. The molecular weight excluding hydrogens is 388 g/mol. The van der Waals surface area contributed by atoms with Crippen molar-refractivity contribution in [3.63, 3.8) is 0 Å². The number of thiazole rings is 1. The van der Waals surface area contributed by atoms with Gasteiger partial charge in [0.15, 0.2) is 11.2 Å². The van der Waals surface area contributed by atoms with Gasteiger partial charge in [0.2, 0.25) is 0 Å². The van der Waals surface area contributed by atoms with E-state index in [-0.39, 0.29) is 11.4 Å². The van der Waals surface area contributed by atoms with Crippen molar-refractivity contribution < 1.29 is 19.7 Å². The number of carbonyl (C=O) groups is 1. The lowest BCUT2D eigenvalue weighted by atomic mass is 10.0. The largest absolute Gasteiger partial charge is 0.492 e. The summed E-state index contributed by atoms with van der Waals surface area (Å²) in [5, 5.41) is 6.21. The summed E-state index contributed by atoms with van der Waals surface area (Å²) >= 11 is 1.48. The average Bonchev–Trinajstić information content (AvgIpc) is 3.41. The predicted molar refractivity (Wildman–Crippen MR) is 111 cm³/mol.